The van der Waals surface area contributed by atoms with Gasteiger partial charge in [0, 0.05) is 16.1 Å². The summed E-state index contributed by atoms with van der Waals surface area (Å²) in [6.07, 6.45) is 0.781. The normalized spacial score (nSPS) is 12.4. The Morgan fingerprint density at radius 2 is 1.80 bits per heavy atom. The van der Waals surface area contributed by atoms with E-state index in [4.69, 9.17) is 0 Å². The molecule has 0 aliphatic carbocycles. The second-order valence-corrected chi connectivity index (χ2v) is 5.63. The zero-order chi connectivity index (χ0) is 14.5. The highest BCUT2D eigenvalue weighted by Crippen LogP contribution is 2.20. The molecule has 4 heteroatoms. The van der Waals surface area contributed by atoms with Crippen LogP contribution in [-0.2, 0) is 6.42 Å². The van der Waals surface area contributed by atoms with E-state index in [1.54, 1.807) is 18.2 Å². The lowest BCUT2D eigenvalue weighted by Gasteiger charge is -2.15. The smallest absolute Gasteiger partial charge is 0.129 e. The van der Waals surface area contributed by atoms with Crippen molar-refractivity contribution in [3.8, 4) is 0 Å². The molecule has 0 heterocycles. The maximum absolute atomic E-state index is 13.8. The molecule has 0 bridgehead atoms. The minimum atomic E-state index is -0.230. The van der Waals surface area contributed by atoms with Gasteiger partial charge in [-0.05, 0) is 49.7 Å². The van der Waals surface area contributed by atoms with Crippen LogP contribution in [0.4, 0.5) is 8.78 Å². The molecule has 0 saturated heterocycles. The van der Waals surface area contributed by atoms with Crippen LogP contribution in [0.3, 0.4) is 0 Å². The molecule has 0 aromatic heterocycles. The zero-order valence-corrected chi connectivity index (χ0v) is 12.8. The van der Waals surface area contributed by atoms with Crippen LogP contribution >= 0.6 is 15.9 Å². The Labute approximate surface area is 126 Å². The zero-order valence-electron chi connectivity index (χ0n) is 11.2. The van der Waals surface area contributed by atoms with Crippen LogP contribution in [0.5, 0.6) is 0 Å². The van der Waals surface area contributed by atoms with Gasteiger partial charge in [0.15, 0.2) is 0 Å². The van der Waals surface area contributed by atoms with Gasteiger partial charge in [-0.15, -0.1) is 0 Å². The highest BCUT2D eigenvalue weighted by atomic mass is 79.9. The van der Waals surface area contributed by atoms with Crippen LogP contribution in [0.25, 0.3) is 0 Å². The van der Waals surface area contributed by atoms with Crippen LogP contribution < -0.4 is 5.32 Å². The molecule has 1 N–H and O–H groups in total. The highest BCUT2D eigenvalue weighted by Gasteiger charge is 2.10. The fraction of sp³-hybridized carbons (Fsp3) is 0.250. The maximum atomic E-state index is 13.8. The maximum Gasteiger partial charge on any atom is 0.129 e. The van der Waals surface area contributed by atoms with Crippen molar-refractivity contribution in [2.45, 2.75) is 19.4 Å². The van der Waals surface area contributed by atoms with Gasteiger partial charge in [0.1, 0.15) is 11.6 Å². The summed E-state index contributed by atoms with van der Waals surface area (Å²) in [6.45, 7) is 2.64. The van der Waals surface area contributed by atoms with Crippen molar-refractivity contribution in [2.24, 2.45) is 0 Å². The summed E-state index contributed by atoms with van der Waals surface area (Å²) < 4.78 is 27.3. The number of nitrogens with one attached hydrogen (secondary N) is 1. The van der Waals surface area contributed by atoms with Crippen molar-refractivity contribution in [1.29, 1.82) is 0 Å². The van der Waals surface area contributed by atoms with Gasteiger partial charge in [0.2, 0.25) is 0 Å². The lowest BCUT2D eigenvalue weighted by atomic mass is 10.1. The van der Waals surface area contributed by atoms with E-state index >= 15 is 0 Å². The first-order valence-electron chi connectivity index (χ1n) is 6.49. The molecule has 1 atom stereocenters. The third kappa shape index (κ3) is 4.12. The van der Waals surface area contributed by atoms with Crippen molar-refractivity contribution >= 4 is 15.9 Å². The molecule has 0 fully saturated rings. The van der Waals surface area contributed by atoms with E-state index in [-0.39, 0.29) is 17.7 Å². The van der Waals surface area contributed by atoms with E-state index in [1.165, 1.54) is 18.2 Å². The van der Waals surface area contributed by atoms with Gasteiger partial charge in [0.05, 0.1) is 0 Å². The summed E-state index contributed by atoms with van der Waals surface area (Å²) in [5, 5.41) is 3.27. The second kappa shape index (κ2) is 6.95. The number of hydrogen-bond acceptors (Lipinski definition) is 1. The summed E-state index contributed by atoms with van der Waals surface area (Å²) in [7, 11) is 0. The molecule has 0 radical (unpaired) electrons. The first kappa shape index (κ1) is 15.1. The van der Waals surface area contributed by atoms with E-state index in [9.17, 15) is 8.78 Å². The molecule has 2 aromatic carbocycles. The van der Waals surface area contributed by atoms with Gasteiger partial charge in [0.25, 0.3) is 0 Å². The Hall–Kier alpha value is -1.26. The van der Waals surface area contributed by atoms with Crippen molar-refractivity contribution in [1.82, 2.24) is 5.32 Å². The Morgan fingerprint density at radius 3 is 2.45 bits per heavy atom. The van der Waals surface area contributed by atoms with Crippen LogP contribution in [-0.4, -0.2) is 6.54 Å². The van der Waals surface area contributed by atoms with Gasteiger partial charge >= 0.3 is 0 Å². The predicted octanol–water partition coefficient (Wildman–Crippen LogP) is 4.62. The monoisotopic (exact) mass is 339 g/mol. The lowest BCUT2D eigenvalue weighted by molar-refractivity contribution is 0.530. The minimum absolute atomic E-state index is 0.0662. The van der Waals surface area contributed by atoms with Crippen LogP contribution in [0.15, 0.2) is 46.9 Å². The van der Waals surface area contributed by atoms with E-state index in [0.29, 0.717) is 12.1 Å². The standard InChI is InChI=1S/C16H16BrF2N/c1-11(15-7-4-13(17)10-16(15)19)20-9-8-12-2-5-14(18)6-3-12/h2-7,10-11,20H,8-9H2,1H3. The largest absolute Gasteiger partial charge is 0.310 e. The average Bonchev–Trinajstić information content (AvgIpc) is 2.41. The van der Waals surface area contributed by atoms with E-state index in [1.807, 2.05) is 13.0 Å². The van der Waals surface area contributed by atoms with Gasteiger partial charge in [-0.1, -0.05) is 34.1 Å². The minimum Gasteiger partial charge on any atom is -0.310 e. The molecule has 2 rings (SSSR count). The van der Waals surface area contributed by atoms with Crippen LogP contribution in [0.1, 0.15) is 24.1 Å². The summed E-state index contributed by atoms with van der Waals surface area (Å²) in [5.41, 5.74) is 1.70. The Balaban J connectivity index is 1.88. The van der Waals surface area contributed by atoms with Gasteiger partial charge in [-0.25, -0.2) is 8.78 Å². The molecule has 2 aromatic rings. The summed E-state index contributed by atoms with van der Waals surface area (Å²) in [6, 6.07) is 11.4. The fourth-order valence-corrected chi connectivity index (χ4v) is 2.38. The number of benzene rings is 2. The second-order valence-electron chi connectivity index (χ2n) is 4.72. The molecule has 106 valence electrons. The molecule has 1 nitrogen and oxygen atoms in total. The summed E-state index contributed by atoms with van der Waals surface area (Å²) in [5.74, 6) is -0.451. The quantitative estimate of drug-likeness (QED) is 0.837. The van der Waals surface area contributed by atoms with E-state index < -0.39 is 0 Å². The van der Waals surface area contributed by atoms with Crippen molar-refractivity contribution in [3.63, 3.8) is 0 Å². The van der Waals surface area contributed by atoms with E-state index in [0.717, 1.165) is 16.5 Å². The van der Waals surface area contributed by atoms with E-state index in [2.05, 4.69) is 21.2 Å². The predicted molar refractivity (Wildman–Crippen MR) is 80.6 cm³/mol. The van der Waals surface area contributed by atoms with Crippen LogP contribution in [0.2, 0.25) is 0 Å². The first-order chi connectivity index (χ1) is 9.56. The van der Waals surface area contributed by atoms with Gasteiger partial charge < -0.3 is 5.32 Å². The third-order valence-corrected chi connectivity index (χ3v) is 3.70. The molecule has 0 aliphatic rings. The summed E-state index contributed by atoms with van der Waals surface area (Å²) >= 11 is 3.24. The Morgan fingerprint density at radius 1 is 1.10 bits per heavy atom. The Kier molecular flexibility index (Phi) is 5.26. The number of rotatable bonds is 5. The molecule has 0 aliphatic heterocycles. The van der Waals surface area contributed by atoms with Crippen molar-refractivity contribution in [2.75, 3.05) is 6.54 Å². The third-order valence-electron chi connectivity index (χ3n) is 3.21. The van der Waals surface area contributed by atoms with Crippen molar-refractivity contribution in [3.05, 3.63) is 69.7 Å². The van der Waals surface area contributed by atoms with Gasteiger partial charge in [-0.2, -0.15) is 0 Å². The number of halogens is 3. The highest BCUT2D eigenvalue weighted by molar-refractivity contribution is 9.10. The molecule has 0 saturated carbocycles. The van der Waals surface area contributed by atoms with Crippen molar-refractivity contribution < 1.29 is 8.78 Å². The van der Waals surface area contributed by atoms with Crippen LogP contribution in [0, 0.1) is 11.6 Å². The molecule has 0 spiro atoms. The molecular weight excluding hydrogens is 324 g/mol. The van der Waals surface area contributed by atoms with Gasteiger partial charge in [-0.3, -0.25) is 0 Å². The molecular formula is C16H16BrF2N. The Bertz CT molecular complexity index is 569. The first-order valence-corrected chi connectivity index (χ1v) is 7.28. The lowest BCUT2D eigenvalue weighted by Crippen LogP contribution is -2.22. The topological polar surface area (TPSA) is 12.0 Å². The molecule has 20 heavy (non-hydrogen) atoms. The average molecular weight is 340 g/mol. The molecule has 0 amide bonds. The SMILES string of the molecule is CC(NCCc1ccc(F)cc1)c1ccc(Br)cc1F. The summed E-state index contributed by atoms with van der Waals surface area (Å²) in [4.78, 5) is 0. The fourth-order valence-electron chi connectivity index (χ4n) is 2.05. The number of hydrogen-bond donors (Lipinski definition) is 1. The molecule has 1 unspecified atom stereocenters.